The minimum absolute atomic E-state index is 0.0237. The van der Waals surface area contributed by atoms with Crippen LogP contribution < -0.4 is 21.3 Å². The van der Waals surface area contributed by atoms with Crippen molar-refractivity contribution < 1.29 is 31.5 Å². The maximum absolute atomic E-state index is 12.0. The van der Waals surface area contributed by atoms with Crippen LogP contribution in [0.2, 0.25) is 0 Å². The Morgan fingerprint density at radius 2 is 1.31 bits per heavy atom. The zero-order valence-corrected chi connectivity index (χ0v) is 16.6. The van der Waals surface area contributed by atoms with E-state index in [1.54, 1.807) is 0 Å². The molecule has 13 heteroatoms. The Hall–Kier alpha value is -3.06. The molecule has 29 heavy (non-hydrogen) atoms. The van der Waals surface area contributed by atoms with Crippen molar-refractivity contribution in [3.8, 4) is 5.75 Å². The molecule has 3 rings (SSSR count). The number of sulfone groups is 2. The molecule has 0 unspecified atom stereocenters. The Kier molecular flexibility index (Phi) is 5.53. The lowest BCUT2D eigenvalue weighted by Crippen LogP contribution is -2.30. The third-order valence-corrected chi connectivity index (χ3v) is 6.82. The Labute approximate surface area is 166 Å². The van der Waals surface area contributed by atoms with Crippen molar-refractivity contribution in [3.63, 3.8) is 0 Å². The number of carbonyl (C=O) groups excluding carboxylic acids is 2. The van der Waals surface area contributed by atoms with Gasteiger partial charge in [-0.1, -0.05) is 0 Å². The molecule has 5 N–H and O–H groups in total. The van der Waals surface area contributed by atoms with E-state index in [-0.39, 0.29) is 51.5 Å². The summed E-state index contributed by atoms with van der Waals surface area (Å²) in [7, 11) is -6.46. The second kappa shape index (κ2) is 7.75. The van der Waals surface area contributed by atoms with Gasteiger partial charge in [0.2, 0.25) is 0 Å². The minimum atomic E-state index is -3.24. The highest BCUT2D eigenvalue weighted by Gasteiger charge is 2.22. The monoisotopic (exact) mass is 442 g/mol. The molecular weight excluding hydrogens is 424 g/mol. The molecule has 0 atom stereocenters. The van der Waals surface area contributed by atoms with Gasteiger partial charge in [0.25, 0.3) is 0 Å². The number of rotatable bonds is 4. The number of phenols is 1. The zero-order valence-electron chi connectivity index (χ0n) is 14.9. The van der Waals surface area contributed by atoms with Gasteiger partial charge in [0.1, 0.15) is 5.75 Å². The van der Waals surface area contributed by atoms with Crippen molar-refractivity contribution in [2.24, 2.45) is 0 Å². The summed E-state index contributed by atoms with van der Waals surface area (Å²) < 4.78 is 45.6. The van der Waals surface area contributed by atoms with E-state index in [9.17, 15) is 31.5 Å². The van der Waals surface area contributed by atoms with Crippen molar-refractivity contribution in [2.45, 2.75) is 0 Å². The van der Waals surface area contributed by atoms with Crippen LogP contribution in [0.4, 0.5) is 21.0 Å². The molecule has 2 aliphatic heterocycles. The topological polar surface area (TPSA) is 171 Å². The van der Waals surface area contributed by atoms with Crippen molar-refractivity contribution in [3.05, 3.63) is 41.7 Å². The highest BCUT2D eigenvalue weighted by Crippen LogP contribution is 2.27. The summed E-state index contributed by atoms with van der Waals surface area (Å²) in [5, 5.41) is 19.5. The van der Waals surface area contributed by atoms with E-state index in [2.05, 4.69) is 21.3 Å². The smallest absolute Gasteiger partial charge is 0.323 e. The SMILES string of the molecule is O=C(NC1=CCS(=O)(=O)C1)Nc1ccc(O)c(NC(=O)NC2=CCS(=O)(=O)C2)c1. The van der Waals surface area contributed by atoms with Gasteiger partial charge in [0.05, 0.1) is 28.7 Å². The lowest BCUT2D eigenvalue weighted by Gasteiger charge is -2.12. The Morgan fingerprint density at radius 1 is 0.793 bits per heavy atom. The standard InChI is InChI=1S/C16H18N4O7S2/c21-14-2-1-10(17-15(22)18-11-3-5-28(24,25)8-11)7-13(14)20-16(23)19-12-4-6-29(26,27)9-12/h1-4,7,21H,5-6,8-9H2,(H2,17,18,22)(H2,19,20,23). The predicted octanol–water partition coefficient (Wildman–Crippen LogP) is 0.260. The summed E-state index contributed by atoms with van der Waals surface area (Å²) in [5.74, 6) is -1.10. The number of hydrogen-bond acceptors (Lipinski definition) is 7. The first-order valence-electron chi connectivity index (χ1n) is 8.29. The number of carbonyl (C=O) groups is 2. The van der Waals surface area contributed by atoms with Crippen LogP contribution in [-0.4, -0.2) is 57.0 Å². The predicted molar refractivity (Wildman–Crippen MR) is 106 cm³/mol. The third kappa shape index (κ3) is 5.71. The quantitative estimate of drug-likeness (QED) is 0.329. The molecule has 0 saturated carbocycles. The van der Waals surface area contributed by atoms with E-state index in [1.165, 1.54) is 30.4 Å². The molecule has 0 aliphatic carbocycles. The van der Waals surface area contributed by atoms with Crippen LogP contribution >= 0.6 is 0 Å². The molecule has 11 nitrogen and oxygen atoms in total. The van der Waals surface area contributed by atoms with Crippen molar-refractivity contribution >= 4 is 43.1 Å². The zero-order chi connectivity index (χ0) is 21.2. The van der Waals surface area contributed by atoms with Crippen LogP contribution in [0.5, 0.6) is 5.75 Å². The summed E-state index contributed by atoms with van der Waals surface area (Å²) in [4.78, 5) is 24.0. The maximum atomic E-state index is 12.0. The van der Waals surface area contributed by atoms with E-state index in [0.717, 1.165) is 0 Å². The Morgan fingerprint density at radius 3 is 1.79 bits per heavy atom. The molecule has 1 aromatic carbocycles. The summed E-state index contributed by atoms with van der Waals surface area (Å²) in [6.45, 7) is 0. The molecule has 0 bridgehead atoms. The minimum Gasteiger partial charge on any atom is -0.506 e. The fraction of sp³-hybridized carbons (Fsp3) is 0.250. The van der Waals surface area contributed by atoms with Gasteiger partial charge < -0.3 is 26.4 Å². The lowest BCUT2D eigenvalue weighted by molar-refractivity contribution is 0.253. The Bertz CT molecular complexity index is 1140. The summed E-state index contributed by atoms with van der Waals surface area (Å²) in [6, 6.07) is 2.46. The molecule has 2 heterocycles. The van der Waals surface area contributed by atoms with E-state index in [0.29, 0.717) is 0 Å². The second-order valence-electron chi connectivity index (χ2n) is 6.46. The maximum Gasteiger partial charge on any atom is 0.323 e. The summed E-state index contributed by atoms with van der Waals surface area (Å²) in [5.41, 5.74) is 0.693. The molecule has 0 radical (unpaired) electrons. The van der Waals surface area contributed by atoms with Gasteiger partial charge in [-0.15, -0.1) is 0 Å². The first-order valence-corrected chi connectivity index (χ1v) is 11.9. The van der Waals surface area contributed by atoms with Crippen LogP contribution in [-0.2, 0) is 19.7 Å². The molecule has 0 aromatic heterocycles. The first-order chi connectivity index (χ1) is 13.5. The highest BCUT2D eigenvalue weighted by molar-refractivity contribution is 7.92. The number of hydrogen-bond donors (Lipinski definition) is 5. The number of urea groups is 2. The normalized spacial score (nSPS) is 19.0. The van der Waals surface area contributed by atoms with Crippen LogP contribution in [0.3, 0.4) is 0 Å². The van der Waals surface area contributed by atoms with Crippen molar-refractivity contribution in [1.82, 2.24) is 10.6 Å². The molecule has 1 aromatic rings. The van der Waals surface area contributed by atoms with Crippen molar-refractivity contribution in [2.75, 3.05) is 33.6 Å². The lowest BCUT2D eigenvalue weighted by atomic mass is 10.2. The summed E-state index contributed by atoms with van der Waals surface area (Å²) in [6.07, 6.45) is 2.79. The molecule has 0 saturated heterocycles. The van der Waals surface area contributed by atoms with Crippen LogP contribution in [0.25, 0.3) is 0 Å². The third-order valence-electron chi connectivity index (χ3n) is 3.97. The fourth-order valence-electron chi connectivity index (χ4n) is 2.66. The van der Waals surface area contributed by atoms with Gasteiger partial charge in [-0.2, -0.15) is 0 Å². The van der Waals surface area contributed by atoms with E-state index in [1.807, 2.05) is 0 Å². The van der Waals surface area contributed by atoms with Crippen LogP contribution in [0.1, 0.15) is 0 Å². The van der Waals surface area contributed by atoms with E-state index in [4.69, 9.17) is 0 Å². The summed E-state index contributed by atoms with van der Waals surface area (Å²) >= 11 is 0. The largest absolute Gasteiger partial charge is 0.506 e. The molecule has 0 fully saturated rings. The van der Waals surface area contributed by atoms with E-state index >= 15 is 0 Å². The van der Waals surface area contributed by atoms with Gasteiger partial charge in [-0.3, -0.25) is 0 Å². The number of benzene rings is 1. The van der Waals surface area contributed by atoms with Gasteiger partial charge in [-0.25, -0.2) is 26.4 Å². The molecule has 0 spiro atoms. The first kappa shape index (κ1) is 20.7. The van der Waals surface area contributed by atoms with Crippen LogP contribution in [0.15, 0.2) is 41.7 Å². The van der Waals surface area contributed by atoms with Crippen molar-refractivity contribution in [1.29, 1.82) is 0 Å². The average molecular weight is 442 g/mol. The molecular formula is C16H18N4O7S2. The molecule has 156 valence electrons. The Balaban J connectivity index is 1.59. The highest BCUT2D eigenvalue weighted by atomic mass is 32.2. The number of anilines is 2. The van der Waals surface area contributed by atoms with Gasteiger partial charge in [0, 0.05) is 17.1 Å². The number of phenolic OH excluding ortho intramolecular Hbond substituents is 1. The molecule has 4 amide bonds. The number of amides is 4. The van der Waals surface area contributed by atoms with Gasteiger partial charge in [0.15, 0.2) is 19.7 Å². The van der Waals surface area contributed by atoms with E-state index < -0.39 is 31.7 Å². The fourth-order valence-corrected chi connectivity index (χ4v) is 5.13. The average Bonchev–Trinajstić information content (AvgIpc) is 3.11. The van der Waals surface area contributed by atoms with Gasteiger partial charge in [-0.05, 0) is 30.4 Å². The van der Waals surface area contributed by atoms with Gasteiger partial charge >= 0.3 is 12.1 Å². The molecule has 2 aliphatic rings. The number of nitrogens with one attached hydrogen (secondary N) is 4. The van der Waals surface area contributed by atoms with Crippen LogP contribution in [0, 0.1) is 0 Å². The second-order valence-corrected chi connectivity index (χ2v) is 10.7. The number of aromatic hydroxyl groups is 1.